The van der Waals surface area contributed by atoms with Crippen LogP contribution in [-0.4, -0.2) is 31.8 Å². The Morgan fingerprint density at radius 2 is 2.14 bits per heavy atom. The zero-order valence-corrected chi connectivity index (χ0v) is 11.4. The molecule has 4 nitrogen and oxygen atoms in total. The Bertz CT molecular complexity index is 479. The van der Waals surface area contributed by atoms with Gasteiger partial charge in [-0.3, -0.25) is 0 Å². The van der Waals surface area contributed by atoms with Crippen molar-refractivity contribution >= 4 is 6.09 Å². The number of carbonyl (C=O) groups excluding carboxylic acids is 1. The molecule has 1 amide bonds. The smallest absolute Gasteiger partial charge is 0.407 e. The summed E-state index contributed by atoms with van der Waals surface area (Å²) in [6.45, 7) is 0.222. The van der Waals surface area contributed by atoms with E-state index in [-0.39, 0.29) is 6.61 Å². The minimum absolute atomic E-state index is 0.291. The largest absolute Gasteiger partial charge is 0.449 e. The summed E-state index contributed by atoms with van der Waals surface area (Å²) in [5.74, 6) is -1.15. The summed E-state index contributed by atoms with van der Waals surface area (Å²) in [5.41, 5.74) is 0.905. The fourth-order valence-corrected chi connectivity index (χ4v) is 1.98. The second kappa shape index (κ2) is 7.73. The molecule has 0 bridgehead atoms. The summed E-state index contributed by atoms with van der Waals surface area (Å²) < 4.78 is 35.8. The monoisotopic (exact) mass is 297 g/mol. The van der Waals surface area contributed by atoms with Crippen molar-refractivity contribution in [1.82, 2.24) is 5.32 Å². The van der Waals surface area contributed by atoms with E-state index >= 15 is 0 Å². The molecule has 21 heavy (non-hydrogen) atoms. The maximum absolute atomic E-state index is 12.9. The van der Waals surface area contributed by atoms with E-state index in [0.29, 0.717) is 13.2 Å². The molecule has 0 unspecified atom stereocenters. The van der Waals surface area contributed by atoms with Crippen molar-refractivity contribution in [3.63, 3.8) is 0 Å². The number of hydrogen-bond donors (Lipinski definition) is 1. The van der Waals surface area contributed by atoms with Gasteiger partial charge in [-0.15, -0.1) is 0 Å². The van der Waals surface area contributed by atoms with E-state index in [1.807, 2.05) is 30.3 Å². The van der Waals surface area contributed by atoms with E-state index in [0.717, 1.165) is 5.56 Å². The van der Waals surface area contributed by atoms with Crippen molar-refractivity contribution in [2.75, 3.05) is 13.2 Å². The number of nitrogens with one attached hydrogen (secondary N) is 1. The summed E-state index contributed by atoms with van der Waals surface area (Å²) in [7, 11) is 0. The number of carbonyl (C=O) groups is 1. The van der Waals surface area contributed by atoms with Crippen molar-refractivity contribution in [3.05, 3.63) is 48.0 Å². The first-order valence-corrected chi connectivity index (χ1v) is 6.68. The van der Waals surface area contributed by atoms with Crippen molar-refractivity contribution in [3.8, 4) is 0 Å². The van der Waals surface area contributed by atoms with Crippen molar-refractivity contribution in [1.29, 1.82) is 0 Å². The highest BCUT2D eigenvalue weighted by Gasteiger charge is 2.31. The standard InChI is InChI=1S/C15H17F2NO3/c16-14(17)12(13-7-4-8-20-13)10-21-15(19)18-9-11-5-2-1-3-6-11/h1-7,12-14H,8-10H2,(H,18,19)/t12-,13-/m0/s1. The van der Waals surface area contributed by atoms with Gasteiger partial charge in [0.25, 0.3) is 0 Å². The Morgan fingerprint density at radius 3 is 2.76 bits per heavy atom. The summed E-state index contributed by atoms with van der Waals surface area (Å²) in [6.07, 6.45) is -0.782. The van der Waals surface area contributed by atoms with E-state index in [4.69, 9.17) is 9.47 Å². The van der Waals surface area contributed by atoms with Crippen LogP contribution in [0.1, 0.15) is 5.56 Å². The first-order chi connectivity index (χ1) is 10.2. The Kier molecular flexibility index (Phi) is 5.68. The zero-order chi connectivity index (χ0) is 15.1. The average molecular weight is 297 g/mol. The van der Waals surface area contributed by atoms with Crippen LogP contribution in [0.4, 0.5) is 13.6 Å². The van der Waals surface area contributed by atoms with Crippen molar-refractivity contribution in [2.24, 2.45) is 5.92 Å². The maximum Gasteiger partial charge on any atom is 0.407 e. The molecular weight excluding hydrogens is 280 g/mol. The van der Waals surface area contributed by atoms with Gasteiger partial charge < -0.3 is 14.8 Å². The highest BCUT2D eigenvalue weighted by atomic mass is 19.3. The number of halogens is 2. The lowest BCUT2D eigenvalue weighted by Crippen LogP contribution is -2.33. The second-order valence-electron chi connectivity index (χ2n) is 4.66. The number of alkyl carbamates (subject to hydrolysis) is 1. The molecule has 0 aromatic heterocycles. The normalized spacial score (nSPS) is 18.7. The third kappa shape index (κ3) is 4.82. The summed E-state index contributed by atoms with van der Waals surface area (Å²) >= 11 is 0. The van der Waals surface area contributed by atoms with Gasteiger partial charge in [0.1, 0.15) is 6.61 Å². The number of ether oxygens (including phenoxy) is 2. The molecule has 1 aliphatic rings. The Hall–Kier alpha value is -1.95. The molecule has 0 radical (unpaired) electrons. The lowest BCUT2D eigenvalue weighted by Gasteiger charge is -2.21. The van der Waals surface area contributed by atoms with Crippen LogP contribution in [0, 0.1) is 5.92 Å². The van der Waals surface area contributed by atoms with Gasteiger partial charge in [-0.2, -0.15) is 0 Å². The maximum atomic E-state index is 12.9. The van der Waals surface area contributed by atoms with Gasteiger partial charge in [0.2, 0.25) is 6.43 Å². The van der Waals surface area contributed by atoms with Crippen LogP contribution in [0.5, 0.6) is 0 Å². The van der Waals surface area contributed by atoms with Gasteiger partial charge in [0.05, 0.1) is 18.6 Å². The van der Waals surface area contributed by atoms with E-state index in [9.17, 15) is 13.6 Å². The number of hydrogen-bond acceptors (Lipinski definition) is 3. The van der Waals surface area contributed by atoms with Crippen LogP contribution in [-0.2, 0) is 16.0 Å². The summed E-state index contributed by atoms with van der Waals surface area (Å²) in [4.78, 5) is 11.5. The third-order valence-corrected chi connectivity index (χ3v) is 3.14. The van der Waals surface area contributed by atoms with E-state index in [2.05, 4.69) is 5.32 Å². The average Bonchev–Trinajstić information content (AvgIpc) is 3.00. The minimum Gasteiger partial charge on any atom is -0.449 e. The molecule has 0 spiro atoms. The molecule has 0 saturated carbocycles. The molecular formula is C15H17F2NO3. The minimum atomic E-state index is -2.61. The van der Waals surface area contributed by atoms with Gasteiger partial charge in [-0.05, 0) is 5.56 Å². The van der Waals surface area contributed by atoms with Crippen LogP contribution in [0.3, 0.4) is 0 Å². The molecule has 0 aliphatic carbocycles. The molecule has 0 fully saturated rings. The van der Waals surface area contributed by atoms with Crippen molar-refractivity contribution in [2.45, 2.75) is 19.1 Å². The van der Waals surface area contributed by atoms with Gasteiger partial charge >= 0.3 is 6.09 Å². The van der Waals surface area contributed by atoms with Gasteiger partial charge in [-0.1, -0.05) is 42.5 Å². The predicted molar refractivity (Wildman–Crippen MR) is 73.0 cm³/mol. The Balaban J connectivity index is 1.75. The lowest BCUT2D eigenvalue weighted by atomic mass is 10.0. The number of rotatable bonds is 6. The molecule has 6 heteroatoms. The fourth-order valence-electron chi connectivity index (χ4n) is 1.98. The second-order valence-corrected chi connectivity index (χ2v) is 4.66. The number of alkyl halides is 2. The SMILES string of the molecule is O=C(NCc1ccccc1)OC[C@H](C(F)F)[C@@H]1C=CCO1. The van der Waals surface area contributed by atoms with Crippen molar-refractivity contribution < 1.29 is 23.0 Å². The fraction of sp³-hybridized carbons (Fsp3) is 0.400. The van der Waals surface area contributed by atoms with Crippen LogP contribution < -0.4 is 5.32 Å². The van der Waals surface area contributed by atoms with Crippen LogP contribution >= 0.6 is 0 Å². The first kappa shape index (κ1) is 15.4. The summed E-state index contributed by atoms with van der Waals surface area (Å²) in [5, 5.41) is 2.52. The van der Waals surface area contributed by atoms with Crippen LogP contribution in [0.15, 0.2) is 42.5 Å². The zero-order valence-electron chi connectivity index (χ0n) is 11.4. The van der Waals surface area contributed by atoms with E-state index in [1.165, 1.54) is 0 Å². The van der Waals surface area contributed by atoms with Gasteiger partial charge in [-0.25, -0.2) is 13.6 Å². The molecule has 1 heterocycles. The quantitative estimate of drug-likeness (QED) is 0.821. The highest BCUT2D eigenvalue weighted by Crippen LogP contribution is 2.21. The first-order valence-electron chi connectivity index (χ1n) is 6.68. The summed E-state index contributed by atoms with van der Waals surface area (Å²) in [6, 6.07) is 9.25. The molecule has 1 aromatic carbocycles. The number of benzene rings is 1. The van der Waals surface area contributed by atoms with E-state index in [1.54, 1.807) is 12.2 Å². The van der Waals surface area contributed by atoms with Crippen LogP contribution in [0.2, 0.25) is 0 Å². The van der Waals surface area contributed by atoms with Crippen LogP contribution in [0.25, 0.3) is 0 Å². The van der Waals surface area contributed by atoms with E-state index < -0.39 is 24.5 Å². The molecule has 2 rings (SSSR count). The molecule has 1 aliphatic heterocycles. The molecule has 114 valence electrons. The lowest BCUT2D eigenvalue weighted by molar-refractivity contribution is -0.0375. The Labute approximate surface area is 121 Å². The van der Waals surface area contributed by atoms with Gasteiger partial charge in [0.15, 0.2) is 0 Å². The number of amides is 1. The Morgan fingerprint density at radius 1 is 1.38 bits per heavy atom. The van der Waals surface area contributed by atoms with Gasteiger partial charge in [0, 0.05) is 6.54 Å². The molecule has 1 N–H and O–H groups in total. The third-order valence-electron chi connectivity index (χ3n) is 3.14. The molecule has 2 atom stereocenters. The topological polar surface area (TPSA) is 47.6 Å². The highest BCUT2D eigenvalue weighted by molar-refractivity contribution is 5.67. The predicted octanol–water partition coefficient (Wildman–Crippen LogP) is 2.75. The molecule has 1 aromatic rings. The molecule has 0 saturated heterocycles.